The van der Waals surface area contributed by atoms with Gasteiger partial charge in [-0.05, 0) is 36.4 Å². The predicted octanol–water partition coefficient (Wildman–Crippen LogP) is 3.24. The van der Waals surface area contributed by atoms with Crippen molar-refractivity contribution in [1.82, 2.24) is 4.31 Å². The number of hydrogen-bond donors (Lipinski definition) is 1. The molecule has 0 bridgehead atoms. The number of thiophene rings is 1. The highest BCUT2D eigenvalue weighted by molar-refractivity contribution is 7.89. The van der Waals surface area contributed by atoms with Crippen LogP contribution in [0.3, 0.4) is 0 Å². The van der Waals surface area contributed by atoms with E-state index in [4.69, 9.17) is 4.74 Å². The zero-order valence-corrected chi connectivity index (χ0v) is 15.7. The predicted molar refractivity (Wildman–Crippen MR) is 97.5 cm³/mol. The molecule has 2 aromatic rings. The highest BCUT2D eigenvalue weighted by atomic mass is 32.2. The molecule has 1 amide bonds. The molecule has 1 N–H and O–H groups in total. The second kappa shape index (κ2) is 7.15. The normalized spacial score (nSPS) is 18.2. The van der Waals surface area contributed by atoms with Crippen LogP contribution in [0.2, 0.25) is 0 Å². The molecule has 8 heteroatoms. The first-order valence-electron chi connectivity index (χ1n) is 7.94. The Labute approximate surface area is 151 Å². The molecule has 0 aliphatic carbocycles. The lowest BCUT2D eigenvalue weighted by molar-refractivity contribution is -0.114. The average Bonchev–Trinajstić information content (AvgIpc) is 3.25. The maximum atomic E-state index is 13.1. The largest absolute Gasteiger partial charge is 0.495 e. The quantitative estimate of drug-likeness (QED) is 0.864. The van der Waals surface area contributed by atoms with Crippen molar-refractivity contribution in [3.05, 3.63) is 40.6 Å². The molecule has 0 radical (unpaired) electrons. The van der Waals surface area contributed by atoms with E-state index in [-0.39, 0.29) is 16.8 Å². The molecule has 3 rings (SSSR count). The summed E-state index contributed by atoms with van der Waals surface area (Å²) in [5.41, 5.74) is 0.449. The van der Waals surface area contributed by atoms with Crippen molar-refractivity contribution in [2.45, 2.75) is 30.7 Å². The Balaban J connectivity index is 1.95. The molecule has 0 spiro atoms. The van der Waals surface area contributed by atoms with Gasteiger partial charge in [0.05, 0.1) is 23.7 Å². The first-order chi connectivity index (χ1) is 11.9. The fourth-order valence-electron chi connectivity index (χ4n) is 3.05. The molecule has 2 heterocycles. The van der Waals surface area contributed by atoms with E-state index in [1.165, 1.54) is 26.2 Å². The number of carbonyl (C=O) groups excluding carboxylic acids is 1. The van der Waals surface area contributed by atoms with Crippen molar-refractivity contribution >= 4 is 33.0 Å². The smallest absolute Gasteiger partial charge is 0.243 e. The number of amides is 1. The van der Waals surface area contributed by atoms with Crippen molar-refractivity contribution in [3.63, 3.8) is 0 Å². The van der Waals surface area contributed by atoms with Gasteiger partial charge in [-0.15, -0.1) is 11.3 Å². The van der Waals surface area contributed by atoms with Gasteiger partial charge < -0.3 is 10.1 Å². The molecule has 1 unspecified atom stereocenters. The van der Waals surface area contributed by atoms with Crippen LogP contribution < -0.4 is 10.1 Å². The molecular weight excluding hydrogens is 360 g/mol. The number of anilines is 1. The summed E-state index contributed by atoms with van der Waals surface area (Å²) in [6.07, 6.45) is 1.66. The Morgan fingerprint density at radius 2 is 2.16 bits per heavy atom. The fourth-order valence-corrected chi connectivity index (χ4v) is 5.68. The van der Waals surface area contributed by atoms with Gasteiger partial charge in [-0.25, -0.2) is 8.42 Å². The number of sulfonamides is 1. The lowest BCUT2D eigenvalue weighted by Gasteiger charge is -2.23. The van der Waals surface area contributed by atoms with E-state index in [0.29, 0.717) is 18.0 Å². The highest BCUT2D eigenvalue weighted by Crippen LogP contribution is 2.39. The van der Waals surface area contributed by atoms with Gasteiger partial charge in [0.1, 0.15) is 5.75 Å². The second-order valence-electron chi connectivity index (χ2n) is 5.83. The van der Waals surface area contributed by atoms with Crippen LogP contribution in [0.25, 0.3) is 0 Å². The molecule has 1 saturated heterocycles. The number of nitrogens with one attached hydrogen (secondary N) is 1. The van der Waals surface area contributed by atoms with Gasteiger partial charge in [-0.3, -0.25) is 4.79 Å². The van der Waals surface area contributed by atoms with E-state index in [9.17, 15) is 13.2 Å². The number of benzene rings is 1. The van der Waals surface area contributed by atoms with E-state index >= 15 is 0 Å². The third-order valence-electron chi connectivity index (χ3n) is 4.17. The van der Waals surface area contributed by atoms with Crippen LogP contribution in [-0.2, 0) is 14.8 Å². The SMILES string of the molecule is COc1cc(S(=O)(=O)N2CCCC2c2cccs2)ccc1NC(C)=O. The first-order valence-corrected chi connectivity index (χ1v) is 10.3. The number of ether oxygens (including phenoxy) is 1. The van der Waals surface area contributed by atoms with Crippen molar-refractivity contribution in [1.29, 1.82) is 0 Å². The molecule has 6 nitrogen and oxygen atoms in total. The molecule has 25 heavy (non-hydrogen) atoms. The third kappa shape index (κ3) is 3.56. The van der Waals surface area contributed by atoms with E-state index in [1.807, 2.05) is 17.5 Å². The van der Waals surface area contributed by atoms with Gasteiger partial charge in [0, 0.05) is 24.4 Å². The number of nitrogens with zero attached hydrogens (tertiary/aromatic N) is 1. The molecule has 1 atom stereocenters. The standard InChI is InChI=1S/C17H20N2O4S2/c1-12(20)18-14-8-7-13(11-16(14)23-2)25(21,22)19-9-3-5-15(19)17-6-4-10-24-17/h4,6-8,10-11,15H,3,5,9H2,1-2H3,(H,18,20). The van der Waals surface area contributed by atoms with Crippen LogP contribution >= 0.6 is 11.3 Å². The monoisotopic (exact) mass is 380 g/mol. The maximum Gasteiger partial charge on any atom is 0.243 e. The van der Waals surface area contributed by atoms with Gasteiger partial charge >= 0.3 is 0 Å². The van der Waals surface area contributed by atoms with E-state index < -0.39 is 10.0 Å². The molecule has 1 aromatic carbocycles. The summed E-state index contributed by atoms with van der Waals surface area (Å²) in [6, 6.07) is 8.32. The van der Waals surface area contributed by atoms with E-state index in [0.717, 1.165) is 17.7 Å². The third-order valence-corrected chi connectivity index (χ3v) is 7.04. The van der Waals surface area contributed by atoms with Crippen LogP contribution in [0.15, 0.2) is 40.6 Å². The number of rotatable bonds is 5. The average molecular weight is 380 g/mol. The summed E-state index contributed by atoms with van der Waals surface area (Å²) >= 11 is 1.57. The van der Waals surface area contributed by atoms with Crippen molar-refractivity contribution in [2.75, 3.05) is 19.0 Å². The number of carbonyl (C=O) groups is 1. The Hall–Kier alpha value is -1.90. The number of methoxy groups -OCH3 is 1. The van der Waals surface area contributed by atoms with Crippen LogP contribution in [-0.4, -0.2) is 32.3 Å². The van der Waals surface area contributed by atoms with Gasteiger partial charge in [0.15, 0.2) is 0 Å². The summed E-state index contributed by atoms with van der Waals surface area (Å²) in [7, 11) is -2.20. The highest BCUT2D eigenvalue weighted by Gasteiger charge is 2.37. The second-order valence-corrected chi connectivity index (χ2v) is 8.70. The molecule has 1 aliphatic rings. The fraction of sp³-hybridized carbons (Fsp3) is 0.353. The molecular formula is C17H20N2O4S2. The van der Waals surface area contributed by atoms with Crippen molar-refractivity contribution in [3.8, 4) is 5.75 Å². The minimum atomic E-state index is -3.64. The minimum absolute atomic E-state index is 0.119. The van der Waals surface area contributed by atoms with Gasteiger partial charge in [-0.2, -0.15) is 4.31 Å². The van der Waals surface area contributed by atoms with Gasteiger partial charge in [0.2, 0.25) is 15.9 Å². The topological polar surface area (TPSA) is 75.7 Å². The van der Waals surface area contributed by atoms with E-state index in [2.05, 4.69) is 5.32 Å². The van der Waals surface area contributed by atoms with E-state index in [1.54, 1.807) is 21.7 Å². The Morgan fingerprint density at radius 1 is 1.36 bits per heavy atom. The molecule has 1 aromatic heterocycles. The maximum absolute atomic E-state index is 13.1. The lowest BCUT2D eigenvalue weighted by atomic mass is 10.2. The summed E-state index contributed by atoms with van der Waals surface area (Å²) in [5.74, 6) is 0.0781. The summed E-state index contributed by atoms with van der Waals surface area (Å²) in [5, 5.41) is 4.59. The van der Waals surface area contributed by atoms with Crippen molar-refractivity contribution < 1.29 is 17.9 Å². The summed E-state index contributed by atoms with van der Waals surface area (Å²) in [6.45, 7) is 1.89. The first kappa shape index (κ1) is 17.9. The molecule has 0 saturated carbocycles. The van der Waals surface area contributed by atoms with Gasteiger partial charge in [0.25, 0.3) is 0 Å². The zero-order valence-electron chi connectivity index (χ0n) is 14.1. The van der Waals surface area contributed by atoms with Crippen molar-refractivity contribution in [2.24, 2.45) is 0 Å². The summed E-state index contributed by atoms with van der Waals surface area (Å²) in [4.78, 5) is 12.5. The molecule has 134 valence electrons. The zero-order chi connectivity index (χ0) is 18.0. The summed E-state index contributed by atoms with van der Waals surface area (Å²) < 4.78 is 33.1. The van der Waals surface area contributed by atoms with Gasteiger partial charge in [-0.1, -0.05) is 6.07 Å². The lowest BCUT2D eigenvalue weighted by Crippen LogP contribution is -2.30. The Kier molecular flexibility index (Phi) is 5.12. The van der Waals surface area contributed by atoms with Crippen LogP contribution in [0.5, 0.6) is 5.75 Å². The molecule has 1 fully saturated rings. The molecule has 1 aliphatic heterocycles. The Morgan fingerprint density at radius 3 is 2.80 bits per heavy atom. The van der Waals surface area contributed by atoms with Crippen LogP contribution in [0.4, 0.5) is 5.69 Å². The minimum Gasteiger partial charge on any atom is -0.495 e. The van der Waals surface area contributed by atoms with Crippen LogP contribution in [0.1, 0.15) is 30.7 Å². The van der Waals surface area contributed by atoms with Crippen LogP contribution in [0, 0.1) is 0 Å². The Bertz CT molecular complexity index is 863. The number of hydrogen-bond acceptors (Lipinski definition) is 5.